The fourth-order valence-corrected chi connectivity index (χ4v) is 1.00. The van der Waals surface area contributed by atoms with Gasteiger partial charge in [-0.15, -0.1) is 11.6 Å². The van der Waals surface area contributed by atoms with Gasteiger partial charge >= 0.3 is 11.9 Å². The van der Waals surface area contributed by atoms with Crippen LogP contribution < -0.4 is 0 Å². The van der Waals surface area contributed by atoms with E-state index in [1.54, 1.807) is 12.1 Å². The first-order valence-corrected chi connectivity index (χ1v) is 4.78. The van der Waals surface area contributed by atoms with Crippen molar-refractivity contribution in [1.82, 2.24) is 0 Å². The van der Waals surface area contributed by atoms with E-state index in [1.807, 2.05) is 0 Å². The first-order chi connectivity index (χ1) is 7.13. The Hall–Kier alpha value is -1.26. The summed E-state index contributed by atoms with van der Waals surface area (Å²) in [4.78, 5) is 30.1. The molecule has 1 aromatic rings. The lowest BCUT2D eigenvalue weighted by Gasteiger charge is -2.01. The van der Waals surface area contributed by atoms with Crippen molar-refractivity contribution in [3.05, 3.63) is 34.9 Å². The van der Waals surface area contributed by atoms with Gasteiger partial charge in [0.25, 0.3) is 0 Å². The van der Waals surface area contributed by atoms with Crippen molar-refractivity contribution in [3.63, 3.8) is 0 Å². The van der Waals surface area contributed by atoms with Gasteiger partial charge in [-0.05, 0) is 18.2 Å². The number of carbonyl (C=O) groups excluding carboxylic acids is 2. The second-order valence-electron chi connectivity index (χ2n) is 2.47. The Morgan fingerprint density at radius 1 is 1.27 bits per heavy atom. The van der Waals surface area contributed by atoms with Crippen molar-refractivity contribution in [2.24, 2.45) is 0 Å². The molecule has 0 spiro atoms. The average molecular weight is 249 g/mol. The van der Waals surface area contributed by atoms with Crippen molar-refractivity contribution in [1.29, 1.82) is 0 Å². The van der Waals surface area contributed by atoms with Crippen LogP contribution in [-0.2, 0) is 14.6 Å². The number of benzene rings is 1. The second kappa shape index (κ2) is 5.58. The highest BCUT2D eigenvalue weighted by Crippen LogP contribution is 2.11. The maximum Gasteiger partial charge on any atom is 0.386 e. The standard InChI is InChI=1S/C9H6Cl2O4/c10-5-8(12)14-15-9(13)6-2-1-3-7(11)4-6/h1-4H,5H2. The van der Waals surface area contributed by atoms with Crippen LogP contribution in [0.15, 0.2) is 24.3 Å². The topological polar surface area (TPSA) is 52.6 Å². The minimum Gasteiger partial charge on any atom is -0.246 e. The summed E-state index contributed by atoms with van der Waals surface area (Å²) in [5.41, 5.74) is 0.185. The summed E-state index contributed by atoms with van der Waals surface area (Å²) in [5.74, 6) is -2.04. The molecular formula is C9H6Cl2O4. The van der Waals surface area contributed by atoms with E-state index in [-0.39, 0.29) is 11.4 Å². The first kappa shape index (κ1) is 11.8. The van der Waals surface area contributed by atoms with Gasteiger partial charge in [-0.2, -0.15) is 0 Å². The summed E-state index contributed by atoms with van der Waals surface area (Å²) in [7, 11) is 0. The van der Waals surface area contributed by atoms with E-state index in [1.165, 1.54) is 12.1 Å². The van der Waals surface area contributed by atoms with E-state index in [0.29, 0.717) is 5.02 Å². The molecule has 1 aromatic carbocycles. The highest BCUT2D eigenvalue weighted by Gasteiger charge is 2.11. The van der Waals surface area contributed by atoms with Crippen molar-refractivity contribution in [2.45, 2.75) is 0 Å². The predicted octanol–water partition coefficient (Wildman–Crippen LogP) is 2.19. The third-order valence-corrected chi connectivity index (χ3v) is 1.83. The van der Waals surface area contributed by atoms with E-state index in [4.69, 9.17) is 23.2 Å². The van der Waals surface area contributed by atoms with Gasteiger partial charge in [0.05, 0.1) is 5.56 Å². The van der Waals surface area contributed by atoms with Crippen LogP contribution in [0.1, 0.15) is 10.4 Å². The molecule has 80 valence electrons. The van der Waals surface area contributed by atoms with Gasteiger partial charge in [-0.25, -0.2) is 19.4 Å². The summed E-state index contributed by atoms with van der Waals surface area (Å²) in [5, 5.41) is 0.383. The molecule has 0 aliphatic heterocycles. The highest BCUT2D eigenvalue weighted by atomic mass is 35.5. The van der Waals surface area contributed by atoms with Crippen molar-refractivity contribution in [2.75, 3.05) is 5.88 Å². The maximum absolute atomic E-state index is 11.2. The van der Waals surface area contributed by atoms with Crippen molar-refractivity contribution in [3.8, 4) is 0 Å². The molecular weight excluding hydrogens is 243 g/mol. The molecule has 1 rings (SSSR count). The number of alkyl halides is 1. The number of hydrogen-bond donors (Lipinski definition) is 0. The fraction of sp³-hybridized carbons (Fsp3) is 0.111. The normalized spacial score (nSPS) is 9.47. The molecule has 0 bridgehead atoms. The van der Waals surface area contributed by atoms with E-state index in [0.717, 1.165) is 0 Å². The molecule has 0 unspecified atom stereocenters. The maximum atomic E-state index is 11.2. The molecule has 15 heavy (non-hydrogen) atoms. The quantitative estimate of drug-likeness (QED) is 0.458. The molecule has 0 N–H and O–H groups in total. The summed E-state index contributed by atoms with van der Waals surface area (Å²) in [6.07, 6.45) is 0. The van der Waals surface area contributed by atoms with Gasteiger partial charge < -0.3 is 0 Å². The van der Waals surface area contributed by atoms with Crippen LogP contribution >= 0.6 is 23.2 Å². The molecule has 0 amide bonds. The number of carbonyl (C=O) groups is 2. The van der Waals surface area contributed by atoms with Gasteiger partial charge in [-0.3, -0.25) is 0 Å². The van der Waals surface area contributed by atoms with E-state index in [9.17, 15) is 9.59 Å². The molecule has 0 saturated heterocycles. The lowest BCUT2D eigenvalue weighted by molar-refractivity contribution is -0.231. The lowest BCUT2D eigenvalue weighted by atomic mass is 10.2. The van der Waals surface area contributed by atoms with Gasteiger partial charge in [0.2, 0.25) is 0 Å². The van der Waals surface area contributed by atoms with E-state index < -0.39 is 11.9 Å². The Bertz CT molecular complexity index is 378. The van der Waals surface area contributed by atoms with Crippen molar-refractivity contribution < 1.29 is 19.4 Å². The molecule has 0 aromatic heterocycles. The molecule has 0 aliphatic carbocycles. The number of hydrogen-bond acceptors (Lipinski definition) is 4. The fourth-order valence-electron chi connectivity index (χ4n) is 0.770. The predicted molar refractivity (Wildman–Crippen MR) is 53.7 cm³/mol. The summed E-state index contributed by atoms with van der Waals surface area (Å²) in [6.45, 7) is 0. The molecule has 0 heterocycles. The summed E-state index contributed by atoms with van der Waals surface area (Å²) in [6, 6.07) is 6.03. The molecule has 6 heteroatoms. The van der Waals surface area contributed by atoms with Gasteiger partial charge in [-0.1, -0.05) is 17.7 Å². The molecule has 0 aliphatic rings. The van der Waals surface area contributed by atoms with Crippen LogP contribution in [0.25, 0.3) is 0 Å². The first-order valence-electron chi connectivity index (χ1n) is 3.86. The zero-order valence-electron chi connectivity index (χ0n) is 7.41. The van der Waals surface area contributed by atoms with Crippen LogP contribution in [-0.4, -0.2) is 17.8 Å². The molecule has 0 saturated carbocycles. The zero-order valence-corrected chi connectivity index (χ0v) is 8.92. The Morgan fingerprint density at radius 2 is 2.00 bits per heavy atom. The smallest absolute Gasteiger partial charge is 0.246 e. The van der Waals surface area contributed by atoms with Gasteiger partial charge in [0, 0.05) is 5.02 Å². The van der Waals surface area contributed by atoms with Gasteiger partial charge in [0.15, 0.2) is 0 Å². The average Bonchev–Trinajstić information content (AvgIpc) is 2.25. The van der Waals surface area contributed by atoms with Gasteiger partial charge in [0.1, 0.15) is 5.88 Å². The van der Waals surface area contributed by atoms with Crippen LogP contribution in [0.4, 0.5) is 0 Å². The molecule has 0 radical (unpaired) electrons. The Labute approximate surface area is 95.6 Å². The van der Waals surface area contributed by atoms with Crippen molar-refractivity contribution >= 4 is 35.1 Å². The van der Waals surface area contributed by atoms with E-state index in [2.05, 4.69) is 9.78 Å². The minimum atomic E-state index is -0.841. The third-order valence-electron chi connectivity index (χ3n) is 1.38. The third kappa shape index (κ3) is 3.77. The largest absolute Gasteiger partial charge is 0.386 e. The Kier molecular flexibility index (Phi) is 4.39. The summed E-state index contributed by atoms with van der Waals surface area (Å²) < 4.78 is 0. The SMILES string of the molecule is O=C(CCl)OOC(=O)c1cccc(Cl)c1. The summed E-state index contributed by atoms with van der Waals surface area (Å²) >= 11 is 10.8. The van der Waals surface area contributed by atoms with Crippen LogP contribution in [0.2, 0.25) is 5.02 Å². The van der Waals surface area contributed by atoms with Crippen LogP contribution in [0.5, 0.6) is 0 Å². The van der Waals surface area contributed by atoms with E-state index >= 15 is 0 Å². The lowest BCUT2D eigenvalue weighted by Crippen LogP contribution is -2.12. The molecule has 0 atom stereocenters. The highest BCUT2D eigenvalue weighted by molar-refractivity contribution is 6.30. The van der Waals surface area contributed by atoms with Crippen LogP contribution in [0, 0.1) is 0 Å². The monoisotopic (exact) mass is 248 g/mol. The second-order valence-corrected chi connectivity index (χ2v) is 3.17. The molecule has 0 fully saturated rings. The Balaban J connectivity index is 2.58. The Morgan fingerprint density at radius 3 is 2.60 bits per heavy atom. The number of rotatable bonds is 2. The number of halogens is 2. The zero-order chi connectivity index (χ0) is 11.3. The molecule has 4 nitrogen and oxygen atoms in total. The minimum absolute atomic E-state index is 0.185. The van der Waals surface area contributed by atoms with Crippen LogP contribution in [0.3, 0.4) is 0 Å².